The molecule has 1 aliphatic carbocycles. The summed E-state index contributed by atoms with van der Waals surface area (Å²) in [4.78, 5) is 7.31. The van der Waals surface area contributed by atoms with Crippen molar-refractivity contribution >= 4 is 96.1 Å². The normalized spacial score (nSPS) is 13.5. The van der Waals surface area contributed by atoms with E-state index in [-0.39, 0.29) is 23.0 Å². The molecule has 1 aromatic heterocycles. The molecule has 0 spiro atoms. The third-order valence-electron chi connectivity index (χ3n) is 19.7. The van der Waals surface area contributed by atoms with E-state index < -0.39 is 0 Å². The smallest absolute Gasteiger partial charge is 0.256 e. The Balaban J connectivity index is 0.793. The number of para-hydroxylation sites is 5. The lowest BCUT2D eigenvalue weighted by molar-refractivity contribution is 0.483. The van der Waals surface area contributed by atoms with E-state index in [0.29, 0.717) is 0 Å². The topological polar surface area (TPSA) is 23.9 Å². The number of rotatable bonds is 9. The van der Waals surface area contributed by atoms with Crippen LogP contribution in [-0.2, 0) is 16.2 Å². The minimum atomic E-state index is -0.299. The molecule has 0 radical (unpaired) electrons. The van der Waals surface area contributed by atoms with Gasteiger partial charge in [-0.15, -0.1) is 0 Å². The highest BCUT2D eigenvalue weighted by Gasteiger charge is 2.46. The average Bonchev–Trinajstić information content (AvgIpc) is 1.65. The largest absolute Gasteiger partial charge is 0.458 e. The molecule has 3 heterocycles. The Morgan fingerprint density at radius 2 is 0.956 bits per heavy atom. The van der Waals surface area contributed by atoms with Gasteiger partial charge in [-0.05, 0) is 230 Å². The number of aryl methyl sites for hydroxylation is 2. The second kappa shape index (κ2) is 20.9. The van der Waals surface area contributed by atoms with Gasteiger partial charge in [-0.1, -0.05) is 183 Å². The first kappa shape index (κ1) is 56.0. The SMILES string of the molecule is Cc1cc(N(c2ccccc2)c2ccc3c(c2)c2ccccc2n3-c2ccccc2)cc(C)c1-c1ccc(N2c3ccc(C(C)(C)C)cc3B3c4cc5c(cc4Oc4cc(C(C)(C)C)cc2c43)-c2ccc(N(c3ccccc3)c3ccccc3)cc2C5(C)C)cc1. The summed E-state index contributed by atoms with van der Waals surface area (Å²) in [6.07, 6.45) is 0. The van der Waals surface area contributed by atoms with Crippen molar-refractivity contribution in [2.75, 3.05) is 14.7 Å². The van der Waals surface area contributed by atoms with Crippen molar-refractivity contribution < 1.29 is 4.74 Å². The summed E-state index contributed by atoms with van der Waals surface area (Å²) in [6, 6.07) is 96.8. The summed E-state index contributed by atoms with van der Waals surface area (Å²) < 4.78 is 9.83. The van der Waals surface area contributed by atoms with Gasteiger partial charge in [-0.2, -0.15) is 0 Å². The molecule has 0 N–H and O–H groups in total. The third kappa shape index (κ3) is 9.12. The molecule has 0 saturated carbocycles. The van der Waals surface area contributed by atoms with E-state index in [4.69, 9.17) is 4.74 Å². The van der Waals surface area contributed by atoms with Gasteiger partial charge in [0.15, 0.2) is 0 Å². The van der Waals surface area contributed by atoms with Crippen molar-refractivity contribution in [3.8, 4) is 39.4 Å². The number of hydrogen-bond acceptors (Lipinski definition) is 4. The number of anilines is 9. The summed E-state index contributed by atoms with van der Waals surface area (Å²) in [5.41, 5.74) is 29.5. The van der Waals surface area contributed by atoms with Crippen LogP contribution in [0.15, 0.2) is 261 Å². The van der Waals surface area contributed by atoms with Crippen molar-refractivity contribution in [3.63, 3.8) is 0 Å². The number of hydrogen-bond donors (Lipinski definition) is 0. The molecule has 0 amide bonds. The van der Waals surface area contributed by atoms with E-state index in [9.17, 15) is 0 Å². The molecule has 442 valence electrons. The van der Waals surface area contributed by atoms with E-state index in [1.54, 1.807) is 0 Å². The lowest BCUT2D eigenvalue weighted by Gasteiger charge is -2.42. The predicted molar refractivity (Wildman–Crippen MR) is 386 cm³/mol. The number of nitrogens with zero attached hydrogens (tertiary/aromatic N) is 4. The van der Waals surface area contributed by atoms with Crippen LogP contribution in [0.5, 0.6) is 11.5 Å². The summed E-state index contributed by atoms with van der Waals surface area (Å²) in [7, 11) is 0. The third-order valence-corrected chi connectivity index (χ3v) is 19.7. The highest BCUT2D eigenvalue weighted by atomic mass is 16.5. The first-order chi connectivity index (χ1) is 44.0. The van der Waals surface area contributed by atoms with Crippen LogP contribution in [0, 0.1) is 13.8 Å². The van der Waals surface area contributed by atoms with Gasteiger partial charge in [0.2, 0.25) is 0 Å². The summed E-state index contributed by atoms with van der Waals surface area (Å²) in [5.74, 6) is 1.86. The van der Waals surface area contributed by atoms with E-state index >= 15 is 0 Å². The van der Waals surface area contributed by atoms with E-state index in [1.165, 1.54) is 99.5 Å². The maximum absolute atomic E-state index is 7.44. The van der Waals surface area contributed by atoms with Gasteiger partial charge in [-0.25, -0.2) is 0 Å². The standard InChI is InChI=1S/C85H73BN4O/c1-54-45-66(88(61-29-19-13-20-30-61)64-41-44-76-70(50-64)68-33-23-24-34-75(68)89(76)62-31-21-14-22-32-62)46-55(2)81(54)56-35-38-63(39-36-56)90-77-43-37-57(83(3,4)5)47-73(77)86-74-53-72-69(52-79(74)91-80-49-58(84(6,7)8)48-78(90)82(80)86)67-42-40-65(51-71(67)85(72,9)10)87(59-25-15-11-16-26-59)60-27-17-12-18-28-60/h11-53H,1-10H3. The van der Waals surface area contributed by atoms with Crippen LogP contribution in [-0.4, -0.2) is 11.3 Å². The van der Waals surface area contributed by atoms with Crippen molar-refractivity contribution in [3.05, 3.63) is 294 Å². The molecule has 0 fully saturated rings. The lowest BCUT2D eigenvalue weighted by atomic mass is 9.33. The second-order valence-electron chi connectivity index (χ2n) is 27.9. The van der Waals surface area contributed by atoms with Crippen LogP contribution in [0.25, 0.3) is 49.7 Å². The molecule has 0 unspecified atom stereocenters. The molecular formula is C85H73BN4O. The highest BCUT2D eigenvalue weighted by molar-refractivity contribution is 6.99. The zero-order valence-electron chi connectivity index (χ0n) is 53.6. The number of ether oxygens (including phenoxy) is 1. The van der Waals surface area contributed by atoms with Crippen LogP contribution in [0.4, 0.5) is 51.2 Å². The van der Waals surface area contributed by atoms with Crippen molar-refractivity contribution in [2.24, 2.45) is 0 Å². The van der Waals surface area contributed by atoms with Crippen LogP contribution in [0.2, 0.25) is 0 Å². The Hall–Kier alpha value is -10.3. The van der Waals surface area contributed by atoms with E-state index in [0.717, 1.165) is 62.7 Å². The highest BCUT2D eigenvalue weighted by Crippen LogP contribution is 2.54. The first-order valence-electron chi connectivity index (χ1n) is 32.2. The molecule has 12 aromatic carbocycles. The Morgan fingerprint density at radius 1 is 0.396 bits per heavy atom. The molecular weight excluding hydrogens is 1100 g/mol. The van der Waals surface area contributed by atoms with Gasteiger partial charge in [0, 0.05) is 73.1 Å². The molecule has 0 bridgehead atoms. The summed E-state index contributed by atoms with van der Waals surface area (Å²) in [5, 5.41) is 2.45. The van der Waals surface area contributed by atoms with Crippen molar-refractivity contribution in [2.45, 2.75) is 85.5 Å². The second-order valence-corrected chi connectivity index (χ2v) is 27.9. The quantitative estimate of drug-likeness (QED) is 0.134. The molecule has 16 rings (SSSR count). The van der Waals surface area contributed by atoms with E-state index in [2.05, 4.69) is 349 Å². The zero-order valence-corrected chi connectivity index (χ0v) is 53.6. The summed E-state index contributed by atoms with van der Waals surface area (Å²) in [6.45, 7) is 23.2. The maximum Gasteiger partial charge on any atom is 0.256 e. The fourth-order valence-electron chi connectivity index (χ4n) is 15.2. The lowest BCUT2D eigenvalue weighted by Crippen LogP contribution is -2.60. The molecule has 0 atom stereocenters. The van der Waals surface area contributed by atoms with Crippen LogP contribution in [0.1, 0.15) is 88.8 Å². The Kier molecular flexibility index (Phi) is 12.9. The molecule has 2 aliphatic heterocycles. The van der Waals surface area contributed by atoms with Crippen molar-refractivity contribution in [1.29, 1.82) is 0 Å². The predicted octanol–water partition coefficient (Wildman–Crippen LogP) is 21.3. The average molecular weight is 1180 g/mol. The Bertz CT molecular complexity index is 4970. The van der Waals surface area contributed by atoms with Crippen LogP contribution >= 0.6 is 0 Å². The van der Waals surface area contributed by atoms with Gasteiger partial charge in [0.1, 0.15) is 11.5 Å². The molecule has 0 saturated heterocycles. The van der Waals surface area contributed by atoms with Crippen molar-refractivity contribution in [1.82, 2.24) is 4.57 Å². The van der Waals surface area contributed by atoms with E-state index in [1.807, 2.05) is 0 Å². The maximum atomic E-state index is 7.44. The fourth-order valence-corrected chi connectivity index (χ4v) is 15.2. The van der Waals surface area contributed by atoms with Crippen LogP contribution in [0.3, 0.4) is 0 Å². The molecule has 3 aliphatic rings. The van der Waals surface area contributed by atoms with Gasteiger partial charge < -0.3 is 24.0 Å². The molecule has 6 heteroatoms. The zero-order chi connectivity index (χ0) is 62.2. The van der Waals surface area contributed by atoms with Gasteiger partial charge in [0.25, 0.3) is 6.71 Å². The monoisotopic (exact) mass is 1180 g/mol. The molecule has 13 aromatic rings. The summed E-state index contributed by atoms with van der Waals surface area (Å²) >= 11 is 0. The molecule has 91 heavy (non-hydrogen) atoms. The minimum absolute atomic E-state index is 0.0709. The number of fused-ring (bicyclic) bond motifs is 10. The van der Waals surface area contributed by atoms with Gasteiger partial charge >= 0.3 is 0 Å². The molecule has 5 nitrogen and oxygen atoms in total. The fraction of sp³-hybridized carbons (Fsp3) is 0.153. The number of aromatic nitrogens is 1. The Labute approximate surface area is 536 Å². The van der Waals surface area contributed by atoms with Gasteiger partial charge in [0.05, 0.1) is 11.0 Å². The van der Waals surface area contributed by atoms with Crippen LogP contribution < -0.4 is 35.8 Å². The van der Waals surface area contributed by atoms with Gasteiger partial charge in [-0.3, -0.25) is 0 Å². The first-order valence-corrected chi connectivity index (χ1v) is 32.2. The minimum Gasteiger partial charge on any atom is -0.458 e. The Morgan fingerprint density at radius 3 is 1.59 bits per heavy atom. The number of benzene rings is 12.